The topological polar surface area (TPSA) is 76.1 Å². The highest BCUT2D eigenvalue weighted by Gasteiger charge is 2.38. The second-order valence-electron chi connectivity index (χ2n) is 6.71. The molecular formula is C21H19FN2O3. The minimum absolute atomic E-state index is 0.0101. The van der Waals surface area contributed by atoms with Gasteiger partial charge in [0.15, 0.2) is 11.4 Å². The molecular weight excluding hydrogens is 347 g/mol. The van der Waals surface area contributed by atoms with Crippen LogP contribution in [0.5, 0.6) is 0 Å². The zero-order valence-corrected chi connectivity index (χ0v) is 15.6. The maximum atomic E-state index is 15.3. The Kier molecular flexibility index (Phi) is 4.71. The molecule has 0 atom stereocenters. The van der Waals surface area contributed by atoms with Gasteiger partial charge in [0.25, 0.3) is 0 Å². The molecule has 0 unspecified atom stereocenters. The van der Waals surface area contributed by atoms with Crippen molar-refractivity contribution < 1.29 is 18.3 Å². The monoisotopic (exact) mass is 366 g/mol. The van der Waals surface area contributed by atoms with Crippen LogP contribution in [0.3, 0.4) is 0 Å². The van der Waals surface area contributed by atoms with E-state index in [1.807, 2.05) is 6.07 Å². The molecule has 27 heavy (non-hydrogen) atoms. The first-order valence-corrected chi connectivity index (χ1v) is 8.58. The van der Waals surface area contributed by atoms with E-state index in [1.165, 1.54) is 0 Å². The van der Waals surface area contributed by atoms with E-state index >= 15 is 4.39 Å². The van der Waals surface area contributed by atoms with Gasteiger partial charge in [0, 0.05) is 5.56 Å². The molecule has 0 aliphatic rings. The predicted octanol–water partition coefficient (Wildman–Crippen LogP) is 4.65. The highest BCUT2D eigenvalue weighted by atomic mass is 19.1. The van der Waals surface area contributed by atoms with Crippen LogP contribution in [0.25, 0.3) is 22.2 Å². The van der Waals surface area contributed by atoms with Crippen LogP contribution in [0.15, 0.2) is 34.7 Å². The Morgan fingerprint density at radius 1 is 1.33 bits per heavy atom. The number of rotatable bonds is 4. The van der Waals surface area contributed by atoms with Crippen LogP contribution in [0, 0.1) is 24.1 Å². The van der Waals surface area contributed by atoms with Gasteiger partial charge in [-0.3, -0.25) is 4.79 Å². The molecule has 5 nitrogen and oxygen atoms in total. The Labute approximate surface area is 156 Å². The number of carbonyl (C=O) groups is 1. The molecule has 1 aromatic heterocycles. The Morgan fingerprint density at radius 3 is 2.59 bits per heavy atom. The van der Waals surface area contributed by atoms with Crippen molar-refractivity contribution >= 4 is 17.1 Å². The molecule has 0 amide bonds. The van der Waals surface area contributed by atoms with Crippen molar-refractivity contribution in [1.82, 2.24) is 4.98 Å². The van der Waals surface area contributed by atoms with Crippen LogP contribution in [0.2, 0.25) is 0 Å². The number of hydrogen-bond donors (Lipinski definition) is 0. The molecule has 0 radical (unpaired) electrons. The lowest BCUT2D eigenvalue weighted by atomic mass is 9.93. The molecule has 0 fully saturated rings. The third-order valence-electron chi connectivity index (χ3n) is 4.53. The number of benzene rings is 2. The highest BCUT2D eigenvalue weighted by Crippen LogP contribution is 2.37. The number of halogens is 1. The summed E-state index contributed by atoms with van der Waals surface area (Å²) in [5.74, 6) is -1.13. The number of nitrogens with zero attached hydrogens (tertiary/aromatic N) is 2. The standard InChI is InChI=1S/C21H19FN2O3/c1-5-26-20(25)21(3,4)19-24-17-14(11-23)12(2)15(16(22)18(17)27-19)13-9-7-6-8-10-13/h6-10H,5H2,1-4H3. The van der Waals surface area contributed by atoms with E-state index in [1.54, 1.807) is 52.0 Å². The van der Waals surface area contributed by atoms with Crippen LogP contribution < -0.4 is 0 Å². The summed E-state index contributed by atoms with van der Waals surface area (Å²) in [6.07, 6.45) is 0. The normalized spacial score (nSPS) is 11.4. The average molecular weight is 366 g/mol. The molecule has 0 aliphatic carbocycles. The first kappa shape index (κ1) is 18.6. The minimum Gasteiger partial charge on any atom is -0.465 e. The SMILES string of the molecule is CCOC(=O)C(C)(C)c1nc2c(C#N)c(C)c(-c3ccccc3)c(F)c2o1. The van der Waals surface area contributed by atoms with Crippen molar-refractivity contribution in [3.05, 3.63) is 53.2 Å². The zero-order valence-electron chi connectivity index (χ0n) is 15.6. The van der Waals surface area contributed by atoms with Gasteiger partial charge in [0.1, 0.15) is 17.0 Å². The lowest BCUT2D eigenvalue weighted by Gasteiger charge is -2.17. The molecule has 3 rings (SSSR count). The lowest BCUT2D eigenvalue weighted by Crippen LogP contribution is -2.31. The average Bonchev–Trinajstić information content (AvgIpc) is 3.09. The van der Waals surface area contributed by atoms with E-state index < -0.39 is 17.2 Å². The summed E-state index contributed by atoms with van der Waals surface area (Å²) in [7, 11) is 0. The highest BCUT2D eigenvalue weighted by molar-refractivity contribution is 5.90. The summed E-state index contributed by atoms with van der Waals surface area (Å²) in [6, 6.07) is 11.0. The van der Waals surface area contributed by atoms with Gasteiger partial charge >= 0.3 is 5.97 Å². The predicted molar refractivity (Wildman–Crippen MR) is 98.5 cm³/mol. The molecule has 3 aromatic rings. The van der Waals surface area contributed by atoms with Crippen LogP contribution in [0.4, 0.5) is 4.39 Å². The van der Waals surface area contributed by atoms with Gasteiger partial charge in [-0.15, -0.1) is 0 Å². The third kappa shape index (κ3) is 2.95. The molecule has 0 spiro atoms. The van der Waals surface area contributed by atoms with Crippen molar-refractivity contribution in [2.75, 3.05) is 6.61 Å². The second kappa shape index (κ2) is 6.84. The van der Waals surface area contributed by atoms with E-state index in [2.05, 4.69) is 11.1 Å². The summed E-state index contributed by atoms with van der Waals surface area (Å²) in [5, 5.41) is 9.64. The largest absolute Gasteiger partial charge is 0.465 e. The summed E-state index contributed by atoms with van der Waals surface area (Å²) >= 11 is 0. The molecule has 0 N–H and O–H groups in total. The maximum absolute atomic E-state index is 15.3. The molecule has 1 heterocycles. The quantitative estimate of drug-likeness (QED) is 0.628. The van der Waals surface area contributed by atoms with Gasteiger partial charge in [0.2, 0.25) is 5.89 Å². The first-order chi connectivity index (χ1) is 12.8. The Hall–Kier alpha value is -3.20. The Morgan fingerprint density at radius 2 is 2.00 bits per heavy atom. The van der Waals surface area contributed by atoms with Crippen LogP contribution >= 0.6 is 0 Å². The fourth-order valence-corrected chi connectivity index (χ4v) is 2.97. The first-order valence-electron chi connectivity index (χ1n) is 8.58. The summed E-state index contributed by atoms with van der Waals surface area (Å²) in [6.45, 7) is 6.75. The molecule has 138 valence electrons. The molecule has 0 bridgehead atoms. The Bertz CT molecular complexity index is 1060. The minimum atomic E-state index is -1.21. The summed E-state index contributed by atoms with van der Waals surface area (Å²) < 4.78 is 26.0. The molecule has 2 aromatic carbocycles. The molecule has 0 saturated heterocycles. The van der Waals surface area contributed by atoms with Crippen molar-refractivity contribution in [1.29, 1.82) is 5.26 Å². The van der Waals surface area contributed by atoms with Crippen molar-refractivity contribution in [3.63, 3.8) is 0 Å². The van der Waals surface area contributed by atoms with Gasteiger partial charge in [-0.1, -0.05) is 30.3 Å². The number of esters is 1. The summed E-state index contributed by atoms with van der Waals surface area (Å²) in [4.78, 5) is 16.5. The van der Waals surface area contributed by atoms with Gasteiger partial charge in [-0.2, -0.15) is 5.26 Å². The van der Waals surface area contributed by atoms with Crippen LogP contribution in [-0.2, 0) is 14.9 Å². The summed E-state index contributed by atoms with van der Waals surface area (Å²) in [5.41, 5.74) is 0.379. The van der Waals surface area contributed by atoms with Crippen molar-refractivity contribution in [2.24, 2.45) is 0 Å². The fraction of sp³-hybridized carbons (Fsp3) is 0.286. The van der Waals surface area contributed by atoms with Gasteiger partial charge < -0.3 is 9.15 Å². The van der Waals surface area contributed by atoms with Gasteiger partial charge in [-0.25, -0.2) is 9.37 Å². The van der Waals surface area contributed by atoms with E-state index in [0.717, 1.165) is 0 Å². The van der Waals surface area contributed by atoms with Crippen molar-refractivity contribution in [2.45, 2.75) is 33.1 Å². The Balaban J connectivity index is 2.30. The van der Waals surface area contributed by atoms with E-state index in [0.29, 0.717) is 11.1 Å². The number of carbonyl (C=O) groups excluding carboxylic acids is 1. The van der Waals surface area contributed by atoms with E-state index in [9.17, 15) is 10.1 Å². The number of fused-ring (bicyclic) bond motifs is 1. The zero-order chi connectivity index (χ0) is 19.8. The fourth-order valence-electron chi connectivity index (χ4n) is 2.97. The number of ether oxygens (including phenoxy) is 1. The van der Waals surface area contributed by atoms with E-state index in [-0.39, 0.29) is 34.7 Å². The third-order valence-corrected chi connectivity index (χ3v) is 4.53. The van der Waals surface area contributed by atoms with E-state index in [4.69, 9.17) is 9.15 Å². The smallest absolute Gasteiger partial charge is 0.320 e. The lowest BCUT2D eigenvalue weighted by molar-refractivity contribution is -0.149. The van der Waals surface area contributed by atoms with Crippen LogP contribution in [0.1, 0.15) is 37.8 Å². The van der Waals surface area contributed by atoms with Crippen molar-refractivity contribution in [3.8, 4) is 17.2 Å². The number of hydrogen-bond acceptors (Lipinski definition) is 5. The van der Waals surface area contributed by atoms with Gasteiger partial charge in [0.05, 0.1) is 12.2 Å². The second-order valence-corrected chi connectivity index (χ2v) is 6.71. The maximum Gasteiger partial charge on any atom is 0.320 e. The molecule has 0 aliphatic heterocycles. The van der Waals surface area contributed by atoms with Crippen LogP contribution in [-0.4, -0.2) is 17.6 Å². The number of nitriles is 1. The molecule has 6 heteroatoms. The molecule has 0 saturated carbocycles. The number of aromatic nitrogens is 1. The number of oxazole rings is 1. The van der Waals surface area contributed by atoms with Gasteiger partial charge in [-0.05, 0) is 38.8 Å².